The molecule has 0 bridgehead atoms. The maximum Gasteiger partial charge on any atom is 0.0492 e. The molecule has 3 heteroatoms. The summed E-state index contributed by atoms with van der Waals surface area (Å²) in [7, 11) is 0. The summed E-state index contributed by atoms with van der Waals surface area (Å²) in [5.41, 5.74) is 0. The quantitative estimate of drug-likeness (QED) is 0.711. The van der Waals surface area contributed by atoms with Crippen LogP contribution in [0.1, 0.15) is 0 Å². The second-order valence-corrected chi connectivity index (χ2v) is 3.00. The molecule has 0 aromatic heterocycles. The largest absolute Gasteiger partial charge is 0.325 e. The van der Waals surface area contributed by atoms with Gasteiger partial charge in [0.25, 0.3) is 0 Å². The Kier molecular flexibility index (Phi) is 2.57. The third-order valence-electron chi connectivity index (χ3n) is 0.935. The summed E-state index contributed by atoms with van der Waals surface area (Å²) in [6.07, 6.45) is 0. The average molecular weight is 205 g/mol. The molecule has 1 rings (SSSR count). The Hall–Kier alpha value is 0.01000. The van der Waals surface area contributed by atoms with E-state index < -0.39 is 0 Å². The predicted molar refractivity (Wildman–Crippen MR) is 42.6 cm³/mol. The van der Waals surface area contributed by atoms with E-state index in [1.807, 2.05) is 24.3 Å². The predicted octanol–water partition coefficient (Wildman–Crippen LogP) is 3.01. The zero-order valence-electron chi connectivity index (χ0n) is 4.54. The van der Waals surface area contributed by atoms with Gasteiger partial charge in [-0.3, -0.25) is 0 Å². The monoisotopic (exact) mass is 204 g/mol. The maximum absolute atomic E-state index is 8.61. The van der Waals surface area contributed by atoms with Gasteiger partial charge in [0.1, 0.15) is 0 Å². The van der Waals surface area contributed by atoms with Gasteiger partial charge in [0.2, 0.25) is 0 Å². The Morgan fingerprint density at radius 3 is 2.44 bits per heavy atom. The highest BCUT2D eigenvalue weighted by molar-refractivity contribution is 9.10. The van der Waals surface area contributed by atoms with E-state index in [0.29, 0.717) is 0 Å². The molecule has 0 saturated carbocycles. The van der Waals surface area contributed by atoms with Crippen LogP contribution in [0.2, 0.25) is 0 Å². The van der Waals surface area contributed by atoms with Crippen LogP contribution >= 0.6 is 28.0 Å². The van der Waals surface area contributed by atoms with Crippen molar-refractivity contribution in [1.82, 2.24) is 0 Å². The van der Waals surface area contributed by atoms with Crippen molar-refractivity contribution in [3.63, 3.8) is 0 Å². The Bertz CT molecular complexity index is 202. The van der Waals surface area contributed by atoms with Crippen LogP contribution in [0.15, 0.2) is 33.6 Å². The van der Waals surface area contributed by atoms with E-state index in [2.05, 4.69) is 15.9 Å². The first-order valence-electron chi connectivity index (χ1n) is 2.40. The summed E-state index contributed by atoms with van der Waals surface area (Å²) in [4.78, 5) is 0.845. The standard InChI is InChI=1S/C6H5BrOS/c7-5-3-1-2-4-6(5)9-8/h1-4,8H. The third kappa shape index (κ3) is 1.71. The summed E-state index contributed by atoms with van der Waals surface area (Å²) in [5, 5.41) is 0. The number of rotatable bonds is 1. The highest BCUT2D eigenvalue weighted by Gasteiger charge is 1.94. The normalized spacial score (nSPS) is 9.56. The van der Waals surface area contributed by atoms with Gasteiger partial charge in [-0.15, -0.1) is 0 Å². The highest BCUT2D eigenvalue weighted by atomic mass is 79.9. The minimum atomic E-state index is 0.749. The second-order valence-electron chi connectivity index (χ2n) is 1.52. The molecular weight excluding hydrogens is 200 g/mol. The molecule has 9 heavy (non-hydrogen) atoms. The van der Waals surface area contributed by atoms with Gasteiger partial charge in [0.15, 0.2) is 0 Å². The van der Waals surface area contributed by atoms with Crippen molar-refractivity contribution in [2.45, 2.75) is 4.90 Å². The molecule has 48 valence electrons. The second kappa shape index (κ2) is 3.25. The summed E-state index contributed by atoms with van der Waals surface area (Å²) in [6.45, 7) is 0. The summed E-state index contributed by atoms with van der Waals surface area (Å²) in [6, 6.07) is 7.51. The molecule has 1 N–H and O–H groups in total. The molecule has 0 atom stereocenters. The van der Waals surface area contributed by atoms with Crippen LogP contribution in [0, 0.1) is 0 Å². The molecule has 0 unspecified atom stereocenters. The smallest absolute Gasteiger partial charge is 0.0492 e. The van der Waals surface area contributed by atoms with Crippen LogP contribution in [0.3, 0.4) is 0 Å². The van der Waals surface area contributed by atoms with Crippen LogP contribution < -0.4 is 0 Å². The summed E-state index contributed by atoms with van der Waals surface area (Å²) < 4.78 is 9.53. The molecule has 0 aliphatic carbocycles. The third-order valence-corrected chi connectivity index (χ3v) is 2.44. The maximum atomic E-state index is 8.61. The van der Waals surface area contributed by atoms with Crippen LogP contribution in [0.4, 0.5) is 0 Å². The Morgan fingerprint density at radius 1 is 1.33 bits per heavy atom. The molecule has 0 aliphatic heterocycles. The molecule has 1 nitrogen and oxygen atoms in total. The Balaban J connectivity index is 3.01. The lowest BCUT2D eigenvalue weighted by Gasteiger charge is -1.94. The van der Waals surface area contributed by atoms with Gasteiger partial charge >= 0.3 is 0 Å². The highest BCUT2D eigenvalue weighted by Crippen LogP contribution is 2.23. The minimum Gasteiger partial charge on any atom is -0.325 e. The molecule has 0 aliphatic rings. The van der Waals surface area contributed by atoms with Gasteiger partial charge in [-0.25, -0.2) is 0 Å². The fourth-order valence-corrected chi connectivity index (χ4v) is 1.32. The van der Waals surface area contributed by atoms with Gasteiger partial charge in [-0.05, 0) is 28.1 Å². The number of benzene rings is 1. The fraction of sp³-hybridized carbons (Fsp3) is 0. The first-order valence-corrected chi connectivity index (χ1v) is 3.97. The van der Waals surface area contributed by atoms with Gasteiger partial charge in [0.05, 0.1) is 0 Å². The van der Waals surface area contributed by atoms with Crippen molar-refractivity contribution < 1.29 is 4.55 Å². The van der Waals surface area contributed by atoms with E-state index in [4.69, 9.17) is 4.55 Å². The zero-order valence-corrected chi connectivity index (χ0v) is 6.95. The van der Waals surface area contributed by atoms with E-state index in [1.165, 1.54) is 0 Å². The Labute approximate surface area is 66.4 Å². The van der Waals surface area contributed by atoms with Gasteiger partial charge in [-0.1, -0.05) is 12.1 Å². The molecule has 1 aromatic rings. The average Bonchev–Trinajstić information content (AvgIpc) is 1.89. The van der Waals surface area contributed by atoms with Gasteiger partial charge in [-0.2, -0.15) is 0 Å². The molecule has 0 saturated heterocycles. The molecular formula is C6H5BrOS. The van der Waals surface area contributed by atoms with E-state index in [-0.39, 0.29) is 0 Å². The molecule has 0 amide bonds. The minimum absolute atomic E-state index is 0.749. The van der Waals surface area contributed by atoms with Crippen LogP contribution in [-0.4, -0.2) is 4.55 Å². The van der Waals surface area contributed by atoms with Crippen molar-refractivity contribution in [2.24, 2.45) is 0 Å². The topological polar surface area (TPSA) is 20.2 Å². The number of hydrogen-bond donors (Lipinski definition) is 1. The summed E-state index contributed by atoms with van der Waals surface area (Å²) >= 11 is 4.02. The lowest BCUT2D eigenvalue weighted by atomic mass is 10.4. The first kappa shape index (κ1) is 7.12. The van der Waals surface area contributed by atoms with E-state index in [9.17, 15) is 0 Å². The number of halogens is 1. The summed E-state index contributed by atoms with van der Waals surface area (Å²) in [5.74, 6) is 0. The van der Waals surface area contributed by atoms with Crippen molar-refractivity contribution in [2.75, 3.05) is 0 Å². The molecule has 0 heterocycles. The van der Waals surface area contributed by atoms with Gasteiger partial charge in [0, 0.05) is 21.4 Å². The first-order chi connectivity index (χ1) is 4.34. The van der Waals surface area contributed by atoms with Crippen LogP contribution in [-0.2, 0) is 0 Å². The SMILES string of the molecule is OSc1ccccc1Br. The molecule has 0 radical (unpaired) electrons. The van der Waals surface area contributed by atoms with Crippen molar-refractivity contribution in [1.29, 1.82) is 0 Å². The zero-order chi connectivity index (χ0) is 6.69. The van der Waals surface area contributed by atoms with E-state index in [0.717, 1.165) is 21.4 Å². The van der Waals surface area contributed by atoms with Crippen molar-refractivity contribution in [3.8, 4) is 0 Å². The van der Waals surface area contributed by atoms with E-state index in [1.54, 1.807) is 0 Å². The van der Waals surface area contributed by atoms with Crippen molar-refractivity contribution in [3.05, 3.63) is 28.7 Å². The van der Waals surface area contributed by atoms with Crippen LogP contribution in [0.5, 0.6) is 0 Å². The van der Waals surface area contributed by atoms with Gasteiger partial charge < -0.3 is 4.55 Å². The number of hydrogen-bond acceptors (Lipinski definition) is 2. The molecule has 1 aromatic carbocycles. The van der Waals surface area contributed by atoms with Crippen LogP contribution in [0.25, 0.3) is 0 Å². The van der Waals surface area contributed by atoms with Crippen molar-refractivity contribution >= 4 is 28.0 Å². The lowest BCUT2D eigenvalue weighted by molar-refractivity contribution is 0.663. The fourth-order valence-electron chi connectivity index (χ4n) is 0.519. The Morgan fingerprint density at radius 2 is 2.00 bits per heavy atom. The van der Waals surface area contributed by atoms with E-state index >= 15 is 0 Å². The lowest BCUT2D eigenvalue weighted by Crippen LogP contribution is -1.69. The molecule has 0 spiro atoms. The molecule has 0 fully saturated rings.